The zero-order valence-electron chi connectivity index (χ0n) is 20.1. The van der Waals surface area contributed by atoms with Crippen LogP contribution in [0.15, 0.2) is 46.6 Å². The number of carbonyl (C=O) groups is 4. The number of phenolic OH excluding ortho intramolecular Hbond substituents is 1. The molecule has 4 unspecified atom stereocenters. The molecule has 0 bridgehead atoms. The van der Waals surface area contributed by atoms with E-state index in [4.69, 9.17) is 9.47 Å². The largest absolute Gasteiger partial charge is 0.502 e. The van der Waals surface area contributed by atoms with E-state index in [1.807, 2.05) is 6.08 Å². The third-order valence-electron chi connectivity index (χ3n) is 7.81. The number of rotatable bonds is 4. The van der Waals surface area contributed by atoms with E-state index in [0.717, 1.165) is 5.57 Å². The van der Waals surface area contributed by atoms with E-state index in [-0.39, 0.29) is 53.0 Å². The Morgan fingerprint density at radius 2 is 1.69 bits per heavy atom. The molecule has 0 spiro atoms. The lowest BCUT2D eigenvalue weighted by Gasteiger charge is -2.42. The number of phenols is 1. The van der Waals surface area contributed by atoms with Gasteiger partial charge >= 0.3 is 0 Å². The van der Waals surface area contributed by atoms with Crippen LogP contribution in [-0.4, -0.2) is 54.2 Å². The van der Waals surface area contributed by atoms with Gasteiger partial charge in [-0.25, -0.2) is 0 Å². The van der Waals surface area contributed by atoms with Gasteiger partial charge in [-0.05, 0) is 56.4 Å². The molecule has 4 aliphatic rings. The average molecular weight is 478 g/mol. The number of aromatic hydroxyl groups is 1. The SMILES string of the molecule is CCN1C(=O)C2CC=C3C(c4cc(OC)c(O)c(OC)c4)C4=C(CC3C2C1=O)C(=O)C(C)=CC4=O. The minimum atomic E-state index is -0.632. The van der Waals surface area contributed by atoms with Crippen LogP contribution >= 0.6 is 0 Å². The molecule has 8 nitrogen and oxygen atoms in total. The van der Waals surface area contributed by atoms with E-state index in [1.54, 1.807) is 26.0 Å². The van der Waals surface area contributed by atoms with Gasteiger partial charge in [-0.2, -0.15) is 0 Å². The van der Waals surface area contributed by atoms with Crippen LogP contribution < -0.4 is 9.47 Å². The molecule has 4 atom stereocenters. The highest BCUT2D eigenvalue weighted by atomic mass is 16.5. The Labute approximate surface area is 202 Å². The Morgan fingerprint density at radius 1 is 1.03 bits per heavy atom. The van der Waals surface area contributed by atoms with Crippen molar-refractivity contribution >= 4 is 23.4 Å². The molecule has 0 aromatic heterocycles. The summed E-state index contributed by atoms with van der Waals surface area (Å²) in [6.45, 7) is 3.69. The van der Waals surface area contributed by atoms with Crippen molar-refractivity contribution < 1.29 is 33.8 Å². The second-order valence-electron chi connectivity index (χ2n) is 9.42. The quantitative estimate of drug-likeness (QED) is 0.403. The van der Waals surface area contributed by atoms with Gasteiger partial charge in [-0.3, -0.25) is 24.1 Å². The molecular weight excluding hydrogens is 450 g/mol. The van der Waals surface area contributed by atoms with Crippen molar-refractivity contribution in [3.63, 3.8) is 0 Å². The maximum absolute atomic E-state index is 13.3. The van der Waals surface area contributed by atoms with Crippen molar-refractivity contribution in [2.24, 2.45) is 17.8 Å². The fourth-order valence-electron chi connectivity index (χ4n) is 6.22. The maximum atomic E-state index is 13.3. The van der Waals surface area contributed by atoms with Gasteiger partial charge in [0, 0.05) is 29.2 Å². The molecule has 0 radical (unpaired) electrons. The van der Waals surface area contributed by atoms with Gasteiger partial charge in [-0.15, -0.1) is 0 Å². The third kappa shape index (κ3) is 3.19. The van der Waals surface area contributed by atoms with Gasteiger partial charge in [0.25, 0.3) is 0 Å². The van der Waals surface area contributed by atoms with Crippen LogP contribution in [0.3, 0.4) is 0 Å². The molecule has 1 aliphatic heterocycles. The van der Waals surface area contributed by atoms with Gasteiger partial charge in [0.05, 0.1) is 26.1 Å². The van der Waals surface area contributed by atoms with E-state index >= 15 is 0 Å². The molecule has 2 amide bonds. The summed E-state index contributed by atoms with van der Waals surface area (Å²) in [4.78, 5) is 54.1. The molecule has 1 aromatic carbocycles. The summed E-state index contributed by atoms with van der Waals surface area (Å²) in [5, 5.41) is 10.5. The summed E-state index contributed by atoms with van der Waals surface area (Å²) in [7, 11) is 2.83. The third-order valence-corrected chi connectivity index (χ3v) is 7.81. The zero-order chi connectivity index (χ0) is 25.2. The number of ether oxygens (including phenoxy) is 2. The van der Waals surface area contributed by atoms with Crippen molar-refractivity contribution in [3.05, 3.63) is 52.1 Å². The topological polar surface area (TPSA) is 110 Å². The van der Waals surface area contributed by atoms with Crippen molar-refractivity contribution in [2.75, 3.05) is 20.8 Å². The highest BCUT2D eigenvalue weighted by Crippen LogP contribution is 2.56. The lowest BCUT2D eigenvalue weighted by molar-refractivity contribution is -0.139. The van der Waals surface area contributed by atoms with Gasteiger partial charge in [0.2, 0.25) is 17.6 Å². The molecule has 1 N–H and O–H groups in total. The van der Waals surface area contributed by atoms with Gasteiger partial charge < -0.3 is 14.6 Å². The molecule has 0 saturated carbocycles. The summed E-state index contributed by atoms with van der Waals surface area (Å²) in [5.74, 6) is -2.75. The minimum absolute atomic E-state index is 0.170. The first-order valence-corrected chi connectivity index (χ1v) is 11.7. The van der Waals surface area contributed by atoms with Crippen molar-refractivity contribution in [1.82, 2.24) is 4.90 Å². The first kappa shape index (κ1) is 23.1. The number of imide groups is 1. The first-order chi connectivity index (χ1) is 16.7. The molecule has 1 fully saturated rings. The number of hydrogen-bond donors (Lipinski definition) is 1. The van der Waals surface area contributed by atoms with Crippen molar-refractivity contribution in [2.45, 2.75) is 32.6 Å². The second kappa shape index (κ2) is 8.22. The van der Waals surface area contributed by atoms with E-state index in [0.29, 0.717) is 35.2 Å². The molecule has 5 rings (SSSR count). The molecule has 3 aliphatic carbocycles. The summed E-state index contributed by atoms with van der Waals surface area (Å²) in [5.41, 5.74) is 2.58. The van der Waals surface area contributed by atoms with Gasteiger partial charge in [0.15, 0.2) is 23.1 Å². The monoisotopic (exact) mass is 477 g/mol. The molecule has 182 valence electrons. The molecule has 8 heteroatoms. The lowest BCUT2D eigenvalue weighted by Crippen LogP contribution is -2.39. The van der Waals surface area contributed by atoms with Crippen LogP contribution in [0, 0.1) is 17.8 Å². The Morgan fingerprint density at radius 3 is 2.29 bits per heavy atom. The Hall–Kier alpha value is -3.68. The van der Waals surface area contributed by atoms with Gasteiger partial charge in [-0.1, -0.05) is 11.6 Å². The van der Waals surface area contributed by atoms with Crippen LogP contribution in [0.1, 0.15) is 38.2 Å². The zero-order valence-corrected chi connectivity index (χ0v) is 20.1. The number of Topliss-reactive ketones (excluding diaryl/α,β-unsaturated/α-hetero) is 1. The lowest BCUT2D eigenvalue weighted by atomic mass is 9.59. The Bertz CT molecular complexity index is 1260. The van der Waals surface area contributed by atoms with Crippen LogP contribution in [0.5, 0.6) is 17.2 Å². The molecule has 1 aromatic rings. The predicted molar refractivity (Wildman–Crippen MR) is 125 cm³/mol. The number of benzene rings is 1. The second-order valence-corrected chi connectivity index (χ2v) is 9.42. The fraction of sp³-hybridized carbons (Fsp3) is 0.407. The number of methoxy groups -OCH3 is 2. The van der Waals surface area contributed by atoms with Crippen LogP contribution in [0.25, 0.3) is 0 Å². The number of likely N-dealkylation sites (tertiary alicyclic amines) is 1. The minimum Gasteiger partial charge on any atom is -0.502 e. The summed E-state index contributed by atoms with van der Waals surface area (Å²) in [6.07, 6.45) is 3.94. The van der Waals surface area contributed by atoms with Crippen molar-refractivity contribution in [1.29, 1.82) is 0 Å². The maximum Gasteiger partial charge on any atom is 0.233 e. The normalized spacial score (nSPS) is 27.8. The number of fused-ring (bicyclic) bond motifs is 3. The standard InChI is InChI=1S/C27H27NO7/c1-5-28-26(32)15-7-6-14-16(22(15)27(28)33)11-17-23(18(29)8-12(2)24(17)30)21(14)13-9-19(34-3)25(31)20(10-13)35-4/h6,8-10,15-16,21-22,31H,5,7,11H2,1-4H3. The number of amides is 2. The van der Waals surface area contributed by atoms with E-state index < -0.39 is 17.8 Å². The number of nitrogens with zero attached hydrogens (tertiary/aromatic N) is 1. The molecule has 1 heterocycles. The Kier molecular flexibility index (Phi) is 5.42. The smallest absolute Gasteiger partial charge is 0.233 e. The first-order valence-electron chi connectivity index (χ1n) is 11.7. The van der Waals surface area contributed by atoms with E-state index in [1.165, 1.54) is 25.2 Å². The average Bonchev–Trinajstić information content (AvgIpc) is 3.10. The van der Waals surface area contributed by atoms with Crippen LogP contribution in [0.4, 0.5) is 0 Å². The van der Waals surface area contributed by atoms with E-state index in [2.05, 4.69) is 0 Å². The fourth-order valence-corrected chi connectivity index (χ4v) is 6.22. The van der Waals surface area contributed by atoms with Gasteiger partial charge in [0.1, 0.15) is 0 Å². The summed E-state index contributed by atoms with van der Waals surface area (Å²) >= 11 is 0. The molecule has 35 heavy (non-hydrogen) atoms. The number of ketones is 2. The summed E-state index contributed by atoms with van der Waals surface area (Å²) < 4.78 is 10.7. The van der Waals surface area contributed by atoms with Crippen LogP contribution in [-0.2, 0) is 19.2 Å². The van der Waals surface area contributed by atoms with E-state index in [9.17, 15) is 24.3 Å². The number of hydrogen-bond acceptors (Lipinski definition) is 7. The number of carbonyl (C=O) groups excluding carboxylic acids is 4. The highest BCUT2D eigenvalue weighted by Gasteiger charge is 2.56. The van der Waals surface area contributed by atoms with Crippen molar-refractivity contribution in [3.8, 4) is 17.2 Å². The highest BCUT2D eigenvalue weighted by molar-refractivity contribution is 6.23. The predicted octanol–water partition coefficient (Wildman–Crippen LogP) is 2.86. The summed E-state index contributed by atoms with van der Waals surface area (Å²) in [6, 6.07) is 3.26. The Balaban J connectivity index is 1.73. The van der Waals surface area contributed by atoms with Crippen LogP contribution in [0.2, 0.25) is 0 Å². The molecule has 1 saturated heterocycles. The molecular formula is C27H27NO7. The number of allylic oxidation sites excluding steroid dienone is 6.